The number of fused-ring (bicyclic) bond motifs is 2. The summed E-state index contributed by atoms with van der Waals surface area (Å²) >= 11 is 0. The molecular formula is C27H31N3O5. The number of ether oxygens (including phenoxy) is 3. The average molecular weight is 478 g/mol. The number of benzene rings is 2. The molecule has 2 amide bonds. The van der Waals surface area contributed by atoms with Gasteiger partial charge < -0.3 is 24.4 Å². The average Bonchev–Trinajstić information content (AvgIpc) is 2.84. The first kappa shape index (κ1) is 24.3. The van der Waals surface area contributed by atoms with Crippen LogP contribution in [0.2, 0.25) is 0 Å². The molecule has 0 saturated heterocycles. The van der Waals surface area contributed by atoms with Crippen LogP contribution in [0.15, 0.2) is 42.6 Å². The lowest BCUT2D eigenvalue weighted by atomic mass is 9.98. The minimum atomic E-state index is -0.617. The van der Waals surface area contributed by atoms with E-state index in [4.69, 9.17) is 14.2 Å². The number of carbonyl (C=O) groups excluding carboxylic acids is 2. The highest BCUT2D eigenvalue weighted by Crippen LogP contribution is 2.35. The molecule has 0 fully saturated rings. The quantitative estimate of drug-likeness (QED) is 0.583. The molecule has 0 radical (unpaired) electrons. The molecular weight excluding hydrogens is 446 g/mol. The van der Waals surface area contributed by atoms with Gasteiger partial charge in [-0.1, -0.05) is 24.3 Å². The number of pyridine rings is 1. The van der Waals surface area contributed by atoms with Gasteiger partial charge >= 0.3 is 6.09 Å². The van der Waals surface area contributed by atoms with Crippen molar-refractivity contribution in [1.82, 2.24) is 15.2 Å². The van der Waals surface area contributed by atoms with E-state index in [2.05, 4.69) is 22.4 Å². The van der Waals surface area contributed by atoms with Gasteiger partial charge in [-0.15, -0.1) is 0 Å². The predicted octanol–water partition coefficient (Wildman–Crippen LogP) is 4.48. The van der Waals surface area contributed by atoms with Crippen LogP contribution in [-0.2, 0) is 24.2 Å². The third-order valence-corrected chi connectivity index (χ3v) is 5.91. The number of rotatable bonds is 5. The monoisotopic (exact) mass is 477 g/mol. The first-order valence-electron chi connectivity index (χ1n) is 11.6. The van der Waals surface area contributed by atoms with Gasteiger partial charge in [0.15, 0.2) is 0 Å². The second-order valence-electron chi connectivity index (χ2n) is 9.47. The minimum absolute atomic E-state index is 0.111. The standard InChI is InChI=1S/C27H31N3O5/c1-27(2,3)35-26(32)29-15-22-24-20(12-19(33-4)13-23(24)34-5)21(14-28-22)25(31)30-11-10-17-8-6-7-9-18(17)16-30/h6-9,12-14H,10-11,15-16H2,1-5H3,(H,29,32). The summed E-state index contributed by atoms with van der Waals surface area (Å²) in [4.78, 5) is 32.3. The zero-order valence-corrected chi connectivity index (χ0v) is 20.8. The lowest BCUT2D eigenvalue weighted by Gasteiger charge is -2.29. The zero-order valence-electron chi connectivity index (χ0n) is 20.8. The number of alkyl carbamates (subject to hydrolysis) is 1. The van der Waals surface area contributed by atoms with Crippen molar-refractivity contribution in [1.29, 1.82) is 0 Å². The Morgan fingerprint density at radius 2 is 1.83 bits per heavy atom. The van der Waals surface area contributed by atoms with Crippen LogP contribution >= 0.6 is 0 Å². The largest absolute Gasteiger partial charge is 0.497 e. The summed E-state index contributed by atoms with van der Waals surface area (Å²) in [5, 5.41) is 4.04. The van der Waals surface area contributed by atoms with Crippen LogP contribution in [0, 0.1) is 0 Å². The van der Waals surface area contributed by atoms with Crippen molar-refractivity contribution in [3.05, 3.63) is 65.0 Å². The highest BCUT2D eigenvalue weighted by atomic mass is 16.6. The maximum Gasteiger partial charge on any atom is 0.407 e. The minimum Gasteiger partial charge on any atom is -0.497 e. The normalized spacial score (nSPS) is 13.2. The smallest absolute Gasteiger partial charge is 0.407 e. The van der Waals surface area contributed by atoms with Crippen LogP contribution in [0.1, 0.15) is 48.0 Å². The van der Waals surface area contributed by atoms with E-state index in [0.717, 1.165) is 12.0 Å². The number of carbonyl (C=O) groups is 2. The van der Waals surface area contributed by atoms with E-state index >= 15 is 0 Å². The topological polar surface area (TPSA) is 90.0 Å². The molecule has 0 unspecified atom stereocenters. The van der Waals surface area contributed by atoms with Crippen molar-refractivity contribution < 1.29 is 23.8 Å². The highest BCUT2D eigenvalue weighted by Gasteiger charge is 2.26. The maximum atomic E-state index is 13.7. The number of nitrogens with zero attached hydrogens (tertiary/aromatic N) is 2. The summed E-state index contributed by atoms with van der Waals surface area (Å²) in [6.45, 7) is 6.68. The van der Waals surface area contributed by atoms with E-state index in [1.54, 1.807) is 47.3 Å². The van der Waals surface area contributed by atoms with Gasteiger partial charge in [0.25, 0.3) is 5.91 Å². The molecule has 2 aromatic carbocycles. The van der Waals surface area contributed by atoms with Gasteiger partial charge in [0.05, 0.1) is 32.0 Å². The Balaban J connectivity index is 1.71. The van der Waals surface area contributed by atoms with Crippen molar-refractivity contribution in [3.63, 3.8) is 0 Å². The fourth-order valence-electron chi connectivity index (χ4n) is 4.27. The lowest BCUT2D eigenvalue weighted by Crippen LogP contribution is -2.36. The van der Waals surface area contributed by atoms with Gasteiger partial charge in [0.1, 0.15) is 17.1 Å². The van der Waals surface area contributed by atoms with Crippen LogP contribution in [0.4, 0.5) is 4.79 Å². The molecule has 3 aromatic rings. The lowest BCUT2D eigenvalue weighted by molar-refractivity contribution is 0.0522. The molecule has 4 rings (SSSR count). The molecule has 35 heavy (non-hydrogen) atoms. The SMILES string of the molecule is COc1cc(OC)c2c(CNC(=O)OC(C)(C)C)ncc(C(=O)N3CCc4ccccc4C3)c2c1. The van der Waals surface area contributed by atoms with Crippen LogP contribution in [0.3, 0.4) is 0 Å². The Hall–Kier alpha value is -3.81. The van der Waals surface area contributed by atoms with Crippen LogP contribution in [0.25, 0.3) is 10.8 Å². The molecule has 0 saturated carbocycles. The van der Waals surface area contributed by atoms with E-state index in [0.29, 0.717) is 46.6 Å². The van der Waals surface area contributed by atoms with Crippen LogP contribution < -0.4 is 14.8 Å². The molecule has 8 heteroatoms. The van der Waals surface area contributed by atoms with Crippen molar-refractivity contribution in [2.45, 2.75) is 45.9 Å². The Morgan fingerprint density at radius 1 is 1.09 bits per heavy atom. The fraction of sp³-hybridized carbons (Fsp3) is 0.370. The van der Waals surface area contributed by atoms with E-state index in [1.807, 2.05) is 23.1 Å². The number of methoxy groups -OCH3 is 2. The molecule has 0 aliphatic carbocycles. The summed E-state index contributed by atoms with van der Waals surface area (Å²) in [5.74, 6) is 0.954. The van der Waals surface area contributed by atoms with Crippen molar-refractivity contribution in [3.8, 4) is 11.5 Å². The Bertz CT molecular complexity index is 1270. The molecule has 1 aromatic heterocycles. The first-order valence-corrected chi connectivity index (χ1v) is 11.6. The Labute approximate surface area is 205 Å². The third kappa shape index (κ3) is 5.31. The van der Waals surface area contributed by atoms with Crippen LogP contribution in [-0.4, -0.2) is 48.2 Å². The summed E-state index contributed by atoms with van der Waals surface area (Å²) in [6.07, 6.45) is 1.82. The molecule has 0 atom stereocenters. The second kappa shape index (κ2) is 9.82. The molecule has 8 nitrogen and oxygen atoms in total. The van der Waals surface area contributed by atoms with Gasteiger partial charge in [0.2, 0.25) is 0 Å². The van der Waals surface area contributed by atoms with Crippen molar-refractivity contribution in [2.24, 2.45) is 0 Å². The first-order chi connectivity index (χ1) is 16.7. The number of nitrogens with one attached hydrogen (secondary N) is 1. The van der Waals surface area contributed by atoms with Gasteiger partial charge in [-0.3, -0.25) is 9.78 Å². The number of aromatic nitrogens is 1. The van der Waals surface area contributed by atoms with Gasteiger partial charge in [-0.05, 0) is 44.4 Å². The molecule has 184 valence electrons. The second-order valence-corrected chi connectivity index (χ2v) is 9.47. The van der Waals surface area contributed by atoms with Crippen molar-refractivity contribution >= 4 is 22.8 Å². The van der Waals surface area contributed by atoms with Crippen LogP contribution in [0.5, 0.6) is 11.5 Å². The summed E-state index contributed by atoms with van der Waals surface area (Å²) < 4.78 is 16.4. The van der Waals surface area contributed by atoms with E-state index in [9.17, 15) is 9.59 Å². The highest BCUT2D eigenvalue weighted by molar-refractivity contribution is 6.09. The third-order valence-electron chi connectivity index (χ3n) is 5.91. The molecule has 1 N–H and O–H groups in total. The molecule has 2 heterocycles. The maximum absolute atomic E-state index is 13.7. The van der Waals surface area contributed by atoms with E-state index in [-0.39, 0.29) is 12.5 Å². The number of hydrogen-bond donors (Lipinski definition) is 1. The van der Waals surface area contributed by atoms with Gasteiger partial charge in [0, 0.05) is 36.1 Å². The summed E-state index contributed by atoms with van der Waals surface area (Å²) in [6, 6.07) is 11.7. The predicted molar refractivity (Wildman–Crippen MR) is 133 cm³/mol. The van der Waals surface area contributed by atoms with Gasteiger partial charge in [-0.2, -0.15) is 0 Å². The molecule has 1 aliphatic heterocycles. The number of hydrogen-bond acceptors (Lipinski definition) is 6. The summed E-state index contributed by atoms with van der Waals surface area (Å²) in [5.41, 5.74) is 2.82. The van der Waals surface area contributed by atoms with Gasteiger partial charge in [-0.25, -0.2) is 4.79 Å². The summed E-state index contributed by atoms with van der Waals surface area (Å²) in [7, 11) is 3.12. The Kier molecular flexibility index (Phi) is 6.82. The molecule has 0 bridgehead atoms. The van der Waals surface area contributed by atoms with Crippen molar-refractivity contribution in [2.75, 3.05) is 20.8 Å². The Morgan fingerprint density at radius 3 is 2.51 bits per heavy atom. The fourth-order valence-corrected chi connectivity index (χ4v) is 4.27. The zero-order chi connectivity index (χ0) is 25.2. The van der Waals surface area contributed by atoms with E-state index < -0.39 is 11.7 Å². The molecule has 1 aliphatic rings. The van der Waals surface area contributed by atoms with E-state index in [1.165, 1.54) is 5.56 Å². The molecule has 0 spiro atoms. The number of amides is 2.